The number of hydrogen-bond acceptors (Lipinski definition) is 3. The Morgan fingerprint density at radius 3 is 2.23 bits per heavy atom. The van der Waals surface area contributed by atoms with Crippen molar-refractivity contribution in [2.24, 2.45) is 5.92 Å². The second-order valence-electron chi connectivity index (χ2n) is 7.99. The summed E-state index contributed by atoms with van der Waals surface area (Å²) < 4.78 is 5.28. The van der Waals surface area contributed by atoms with E-state index in [-0.39, 0.29) is 11.9 Å². The highest BCUT2D eigenvalue weighted by Crippen LogP contribution is 2.17. The third-order valence-electron chi connectivity index (χ3n) is 5.09. The lowest BCUT2D eigenvalue weighted by Gasteiger charge is -2.11. The van der Waals surface area contributed by atoms with E-state index in [9.17, 15) is 9.59 Å². The van der Waals surface area contributed by atoms with Gasteiger partial charge in [0.15, 0.2) is 0 Å². The molecule has 3 rings (SSSR count). The van der Waals surface area contributed by atoms with Gasteiger partial charge in [-0.3, -0.25) is 4.79 Å². The number of ether oxygens (including phenoxy) is 1. The predicted octanol–water partition coefficient (Wildman–Crippen LogP) is 5.93. The standard InChI is InChI=1S/C27H29NO3/c1-20(2)18-19-31-27(30)23-14-16-24(17-15-23)28-26(29)25-11-7-6-10-22(25)13-12-21-8-4-3-5-9-21/h3-11,14-17,20H,12-13,18-19H2,1-2H3,(H,28,29). The minimum absolute atomic E-state index is 0.157. The van der Waals surface area contributed by atoms with Crippen molar-refractivity contribution in [1.29, 1.82) is 0 Å². The van der Waals surface area contributed by atoms with E-state index in [1.807, 2.05) is 42.5 Å². The quantitative estimate of drug-likeness (QED) is 0.441. The zero-order valence-electron chi connectivity index (χ0n) is 18.1. The molecule has 0 fully saturated rings. The molecule has 0 saturated carbocycles. The van der Waals surface area contributed by atoms with Crippen molar-refractivity contribution in [3.8, 4) is 0 Å². The van der Waals surface area contributed by atoms with Gasteiger partial charge in [0.25, 0.3) is 5.91 Å². The van der Waals surface area contributed by atoms with Gasteiger partial charge in [-0.1, -0.05) is 62.4 Å². The molecule has 3 aromatic rings. The monoisotopic (exact) mass is 415 g/mol. The van der Waals surface area contributed by atoms with Crippen LogP contribution in [-0.4, -0.2) is 18.5 Å². The molecule has 0 unspecified atom stereocenters. The molecule has 1 amide bonds. The first-order valence-corrected chi connectivity index (χ1v) is 10.7. The van der Waals surface area contributed by atoms with Crippen LogP contribution in [0.15, 0.2) is 78.9 Å². The van der Waals surface area contributed by atoms with Crippen molar-refractivity contribution in [2.45, 2.75) is 33.1 Å². The van der Waals surface area contributed by atoms with Gasteiger partial charge < -0.3 is 10.1 Å². The van der Waals surface area contributed by atoms with Crippen LogP contribution in [0.25, 0.3) is 0 Å². The van der Waals surface area contributed by atoms with Crippen LogP contribution in [0.3, 0.4) is 0 Å². The van der Waals surface area contributed by atoms with Gasteiger partial charge in [0, 0.05) is 11.3 Å². The summed E-state index contributed by atoms with van der Waals surface area (Å²) in [6.07, 6.45) is 2.50. The SMILES string of the molecule is CC(C)CCOC(=O)c1ccc(NC(=O)c2ccccc2CCc2ccccc2)cc1. The minimum atomic E-state index is -0.343. The van der Waals surface area contributed by atoms with E-state index in [4.69, 9.17) is 4.74 Å². The number of aryl methyl sites for hydroxylation is 2. The van der Waals surface area contributed by atoms with Gasteiger partial charge >= 0.3 is 5.97 Å². The summed E-state index contributed by atoms with van der Waals surface area (Å²) in [5, 5.41) is 2.93. The molecule has 160 valence electrons. The zero-order chi connectivity index (χ0) is 22.1. The molecule has 0 aliphatic heterocycles. The van der Waals surface area contributed by atoms with Gasteiger partial charge in [0.05, 0.1) is 12.2 Å². The Labute approximate surface area is 184 Å². The molecule has 31 heavy (non-hydrogen) atoms. The van der Waals surface area contributed by atoms with Crippen LogP contribution in [-0.2, 0) is 17.6 Å². The molecule has 4 heteroatoms. The van der Waals surface area contributed by atoms with Crippen LogP contribution in [0.4, 0.5) is 5.69 Å². The van der Waals surface area contributed by atoms with E-state index in [1.54, 1.807) is 24.3 Å². The van der Waals surface area contributed by atoms with E-state index in [1.165, 1.54) is 5.56 Å². The van der Waals surface area contributed by atoms with Crippen LogP contribution in [0.2, 0.25) is 0 Å². The highest BCUT2D eigenvalue weighted by Gasteiger charge is 2.12. The van der Waals surface area contributed by atoms with Crippen molar-refractivity contribution in [2.75, 3.05) is 11.9 Å². The highest BCUT2D eigenvalue weighted by atomic mass is 16.5. The van der Waals surface area contributed by atoms with Crippen LogP contribution >= 0.6 is 0 Å². The maximum Gasteiger partial charge on any atom is 0.338 e. The molecular weight excluding hydrogens is 386 g/mol. The smallest absolute Gasteiger partial charge is 0.338 e. The Bertz CT molecular complexity index is 995. The van der Waals surface area contributed by atoms with E-state index in [0.717, 1.165) is 24.8 Å². The molecular formula is C27H29NO3. The number of carbonyl (C=O) groups excluding carboxylic acids is 2. The molecule has 1 N–H and O–H groups in total. The maximum absolute atomic E-state index is 12.9. The maximum atomic E-state index is 12.9. The topological polar surface area (TPSA) is 55.4 Å². The summed E-state index contributed by atoms with van der Waals surface area (Å²) in [6, 6.07) is 24.7. The van der Waals surface area contributed by atoms with Gasteiger partial charge in [0.2, 0.25) is 0 Å². The molecule has 0 aromatic heterocycles. The van der Waals surface area contributed by atoms with Crippen molar-refractivity contribution >= 4 is 17.6 Å². The van der Waals surface area contributed by atoms with E-state index < -0.39 is 0 Å². The second-order valence-corrected chi connectivity index (χ2v) is 7.99. The molecule has 3 aromatic carbocycles. The average Bonchev–Trinajstić information content (AvgIpc) is 2.78. The molecule has 0 heterocycles. The summed E-state index contributed by atoms with van der Waals surface area (Å²) in [5.41, 5.74) is 4.03. The lowest BCUT2D eigenvalue weighted by atomic mass is 9.99. The molecule has 0 saturated heterocycles. The number of anilines is 1. The summed E-state index contributed by atoms with van der Waals surface area (Å²) >= 11 is 0. The van der Waals surface area contributed by atoms with Crippen LogP contribution < -0.4 is 5.32 Å². The molecule has 0 bridgehead atoms. The first-order chi connectivity index (χ1) is 15.0. The Morgan fingerprint density at radius 1 is 0.839 bits per heavy atom. The first-order valence-electron chi connectivity index (χ1n) is 10.7. The lowest BCUT2D eigenvalue weighted by molar-refractivity contribution is 0.0488. The average molecular weight is 416 g/mol. The second kappa shape index (κ2) is 11.1. The van der Waals surface area contributed by atoms with Crippen LogP contribution in [0, 0.1) is 5.92 Å². The van der Waals surface area contributed by atoms with Crippen LogP contribution in [0.5, 0.6) is 0 Å². The Balaban J connectivity index is 1.60. The zero-order valence-corrected chi connectivity index (χ0v) is 18.1. The predicted molar refractivity (Wildman–Crippen MR) is 124 cm³/mol. The van der Waals surface area contributed by atoms with Gasteiger partial charge in [-0.05, 0) is 66.6 Å². The fourth-order valence-corrected chi connectivity index (χ4v) is 3.24. The molecule has 0 aliphatic carbocycles. The molecule has 4 nitrogen and oxygen atoms in total. The largest absolute Gasteiger partial charge is 0.462 e. The third kappa shape index (κ3) is 6.82. The summed E-state index contributed by atoms with van der Waals surface area (Å²) in [5.74, 6) is -0.0123. The van der Waals surface area contributed by atoms with Gasteiger partial charge in [-0.15, -0.1) is 0 Å². The van der Waals surface area contributed by atoms with E-state index in [0.29, 0.717) is 29.3 Å². The van der Waals surface area contributed by atoms with E-state index in [2.05, 4.69) is 31.3 Å². The van der Waals surface area contributed by atoms with Crippen molar-refractivity contribution in [3.05, 3.63) is 101 Å². The van der Waals surface area contributed by atoms with Crippen molar-refractivity contribution in [1.82, 2.24) is 0 Å². The number of nitrogens with one attached hydrogen (secondary N) is 1. The fraction of sp³-hybridized carbons (Fsp3) is 0.259. The lowest BCUT2D eigenvalue weighted by Crippen LogP contribution is -2.15. The molecule has 0 atom stereocenters. The Hall–Kier alpha value is -3.40. The molecule has 0 aliphatic rings. The number of hydrogen-bond donors (Lipinski definition) is 1. The first kappa shape index (κ1) is 22.3. The van der Waals surface area contributed by atoms with Crippen molar-refractivity contribution < 1.29 is 14.3 Å². The number of carbonyl (C=O) groups is 2. The summed E-state index contributed by atoms with van der Waals surface area (Å²) in [4.78, 5) is 25.0. The number of esters is 1. The van der Waals surface area contributed by atoms with Gasteiger partial charge in [-0.2, -0.15) is 0 Å². The van der Waals surface area contributed by atoms with E-state index >= 15 is 0 Å². The summed E-state index contributed by atoms with van der Waals surface area (Å²) in [6.45, 7) is 4.59. The van der Waals surface area contributed by atoms with Gasteiger partial charge in [-0.25, -0.2) is 4.79 Å². The summed E-state index contributed by atoms with van der Waals surface area (Å²) in [7, 11) is 0. The molecule has 0 radical (unpaired) electrons. The van der Waals surface area contributed by atoms with Crippen molar-refractivity contribution in [3.63, 3.8) is 0 Å². The fourth-order valence-electron chi connectivity index (χ4n) is 3.24. The minimum Gasteiger partial charge on any atom is -0.462 e. The number of amides is 1. The Morgan fingerprint density at radius 2 is 1.52 bits per heavy atom. The number of benzene rings is 3. The third-order valence-corrected chi connectivity index (χ3v) is 5.09. The van der Waals surface area contributed by atoms with Gasteiger partial charge in [0.1, 0.15) is 0 Å². The highest BCUT2D eigenvalue weighted by molar-refractivity contribution is 6.05. The Kier molecular flexibility index (Phi) is 7.99. The van der Waals surface area contributed by atoms with Crippen LogP contribution in [0.1, 0.15) is 52.1 Å². The molecule has 0 spiro atoms. The number of rotatable bonds is 9. The normalized spacial score (nSPS) is 10.7.